The van der Waals surface area contributed by atoms with Gasteiger partial charge < -0.3 is 4.74 Å². The molecule has 1 nitrogen and oxygen atoms in total. The maximum absolute atomic E-state index is 4.96. The van der Waals surface area contributed by atoms with Crippen molar-refractivity contribution in [3.8, 4) is 5.75 Å². The topological polar surface area (TPSA) is 9.23 Å². The second-order valence-corrected chi connectivity index (χ2v) is 2.54. The molecule has 1 aromatic heterocycles. The zero-order valence-electron chi connectivity index (χ0n) is 4.89. The maximum Gasteiger partial charge on any atom is 0.133 e. The van der Waals surface area contributed by atoms with Crippen LogP contribution in [0.3, 0.4) is 0 Å². The van der Waals surface area contributed by atoms with Gasteiger partial charge in [0.25, 0.3) is 0 Å². The highest BCUT2D eigenvalue weighted by Crippen LogP contribution is 2.21. The summed E-state index contributed by atoms with van der Waals surface area (Å²) in [6.45, 7) is 2.01. The minimum atomic E-state index is 0.940. The zero-order chi connectivity index (χ0) is 5.98. The highest BCUT2D eigenvalue weighted by Gasteiger charge is 1.94. The van der Waals surface area contributed by atoms with Crippen molar-refractivity contribution >= 4 is 11.3 Å². The van der Waals surface area contributed by atoms with Gasteiger partial charge >= 0.3 is 0 Å². The average Bonchev–Trinajstić information content (AvgIpc) is 2.14. The quantitative estimate of drug-likeness (QED) is 0.559. The van der Waals surface area contributed by atoms with Crippen LogP contribution in [0.5, 0.6) is 5.75 Å². The maximum atomic E-state index is 4.96. The highest BCUT2D eigenvalue weighted by atomic mass is 32.1. The molecular weight excluding hydrogens is 120 g/mol. The molecule has 1 rings (SSSR count). The molecule has 0 aliphatic heterocycles. The van der Waals surface area contributed by atoms with Crippen molar-refractivity contribution in [1.82, 2.24) is 0 Å². The Morgan fingerprint density at radius 1 is 1.75 bits per heavy atom. The minimum absolute atomic E-state index is 0.940. The van der Waals surface area contributed by atoms with Crippen LogP contribution in [-0.4, -0.2) is 7.11 Å². The summed E-state index contributed by atoms with van der Waals surface area (Å²) in [5, 5.41) is 2.97. The summed E-state index contributed by atoms with van der Waals surface area (Å²) in [5.74, 6) is 0.940. The fraction of sp³-hybridized carbons (Fsp3) is 0.333. The summed E-state index contributed by atoms with van der Waals surface area (Å²) in [6.07, 6.45) is 0. The Bertz CT molecular complexity index is 169. The van der Waals surface area contributed by atoms with Crippen molar-refractivity contribution in [2.24, 2.45) is 0 Å². The van der Waals surface area contributed by atoms with Gasteiger partial charge in [0.1, 0.15) is 5.75 Å². The van der Waals surface area contributed by atoms with Crippen LogP contribution in [0.4, 0.5) is 0 Å². The molecule has 0 aliphatic carbocycles. The van der Waals surface area contributed by atoms with Gasteiger partial charge in [-0.3, -0.25) is 0 Å². The second-order valence-electron chi connectivity index (χ2n) is 1.49. The Morgan fingerprint density at radius 3 is 2.75 bits per heavy atom. The van der Waals surface area contributed by atoms with E-state index in [1.165, 1.54) is 4.88 Å². The highest BCUT2D eigenvalue weighted by molar-refractivity contribution is 7.09. The van der Waals surface area contributed by atoms with Crippen LogP contribution in [0, 0.1) is 12.3 Å². The van der Waals surface area contributed by atoms with Gasteiger partial charge in [-0.15, -0.1) is 11.3 Å². The number of hydrogen-bond acceptors (Lipinski definition) is 2. The van der Waals surface area contributed by atoms with Crippen LogP contribution >= 0.6 is 11.3 Å². The lowest BCUT2D eigenvalue weighted by molar-refractivity contribution is 0.414. The van der Waals surface area contributed by atoms with E-state index in [-0.39, 0.29) is 0 Å². The van der Waals surface area contributed by atoms with Crippen LogP contribution in [0.15, 0.2) is 6.07 Å². The van der Waals surface area contributed by atoms with Crippen LogP contribution in [-0.2, 0) is 0 Å². The molecule has 0 spiro atoms. The van der Waals surface area contributed by atoms with E-state index in [2.05, 4.69) is 5.38 Å². The first-order valence-corrected chi connectivity index (χ1v) is 3.16. The largest absolute Gasteiger partial charge is 0.496 e. The van der Waals surface area contributed by atoms with Gasteiger partial charge in [-0.1, -0.05) is 0 Å². The van der Waals surface area contributed by atoms with Crippen molar-refractivity contribution in [2.45, 2.75) is 6.92 Å². The van der Waals surface area contributed by atoms with Crippen LogP contribution in [0.1, 0.15) is 4.88 Å². The summed E-state index contributed by atoms with van der Waals surface area (Å²) >= 11 is 1.58. The normalized spacial score (nSPS) is 9.25. The van der Waals surface area contributed by atoms with Gasteiger partial charge in [-0.2, -0.15) is 0 Å². The fourth-order valence-electron chi connectivity index (χ4n) is 0.526. The van der Waals surface area contributed by atoms with E-state index in [0.29, 0.717) is 0 Å². The SMILES string of the molecule is COc1c[c]sc1C. The van der Waals surface area contributed by atoms with Crippen LogP contribution in [0.25, 0.3) is 0 Å². The number of aryl methyl sites for hydroxylation is 1. The standard InChI is InChI=1S/C6H7OS/c1-5-6(7-2)3-4-8-5/h3H,1-2H3. The van der Waals surface area contributed by atoms with E-state index in [0.717, 1.165) is 5.75 Å². The van der Waals surface area contributed by atoms with Crippen LogP contribution in [0.2, 0.25) is 0 Å². The molecular formula is C6H7OS. The van der Waals surface area contributed by atoms with E-state index >= 15 is 0 Å². The molecule has 0 saturated carbocycles. The predicted octanol–water partition coefficient (Wildman–Crippen LogP) is 1.87. The molecule has 0 atom stereocenters. The first-order chi connectivity index (χ1) is 3.84. The third kappa shape index (κ3) is 0.842. The monoisotopic (exact) mass is 127 g/mol. The molecule has 1 heterocycles. The molecule has 0 bridgehead atoms. The molecule has 0 aromatic carbocycles. The van der Waals surface area contributed by atoms with Gasteiger partial charge in [-0.05, 0) is 13.0 Å². The number of rotatable bonds is 1. The lowest BCUT2D eigenvalue weighted by Crippen LogP contribution is -1.78. The molecule has 1 radical (unpaired) electrons. The van der Waals surface area contributed by atoms with E-state index in [4.69, 9.17) is 4.74 Å². The fourth-order valence-corrected chi connectivity index (χ4v) is 1.11. The summed E-state index contributed by atoms with van der Waals surface area (Å²) in [5.41, 5.74) is 0. The Balaban J connectivity index is 2.92. The lowest BCUT2D eigenvalue weighted by atomic mass is 10.5. The minimum Gasteiger partial charge on any atom is -0.496 e. The number of methoxy groups -OCH3 is 1. The lowest BCUT2D eigenvalue weighted by Gasteiger charge is -1.92. The van der Waals surface area contributed by atoms with E-state index < -0.39 is 0 Å². The zero-order valence-corrected chi connectivity index (χ0v) is 5.71. The Labute approximate surface area is 52.9 Å². The van der Waals surface area contributed by atoms with Crippen molar-refractivity contribution in [3.63, 3.8) is 0 Å². The first-order valence-electron chi connectivity index (χ1n) is 2.35. The number of hydrogen-bond donors (Lipinski definition) is 0. The summed E-state index contributed by atoms with van der Waals surface area (Å²) in [6, 6.07) is 1.85. The van der Waals surface area contributed by atoms with Crippen LogP contribution < -0.4 is 4.74 Å². The molecule has 2 heteroatoms. The summed E-state index contributed by atoms with van der Waals surface area (Å²) < 4.78 is 4.96. The Kier molecular flexibility index (Phi) is 1.53. The van der Waals surface area contributed by atoms with Crippen molar-refractivity contribution in [2.75, 3.05) is 7.11 Å². The van der Waals surface area contributed by atoms with E-state index in [9.17, 15) is 0 Å². The molecule has 0 aliphatic rings. The molecule has 8 heavy (non-hydrogen) atoms. The number of thiophene rings is 1. The van der Waals surface area contributed by atoms with Gasteiger partial charge in [0.05, 0.1) is 7.11 Å². The van der Waals surface area contributed by atoms with Gasteiger partial charge in [0.15, 0.2) is 0 Å². The molecule has 1 aromatic rings. The smallest absolute Gasteiger partial charge is 0.133 e. The van der Waals surface area contributed by atoms with Crippen molar-refractivity contribution < 1.29 is 4.74 Å². The molecule has 0 unspecified atom stereocenters. The molecule has 0 saturated heterocycles. The molecule has 0 N–H and O–H groups in total. The molecule has 43 valence electrons. The summed E-state index contributed by atoms with van der Waals surface area (Å²) in [4.78, 5) is 1.19. The first kappa shape index (κ1) is 5.63. The Hall–Kier alpha value is -0.500. The number of ether oxygens (including phenoxy) is 1. The van der Waals surface area contributed by atoms with Gasteiger partial charge in [0.2, 0.25) is 0 Å². The molecule has 0 amide bonds. The molecule has 0 fully saturated rings. The second kappa shape index (κ2) is 2.18. The predicted molar refractivity (Wildman–Crippen MR) is 34.4 cm³/mol. The van der Waals surface area contributed by atoms with E-state index in [1.54, 1.807) is 18.4 Å². The van der Waals surface area contributed by atoms with Crippen molar-refractivity contribution in [1.29, 1.82) is 0 Å². The third-order valence-corrected chi connectivity index (χ3v) is 1.71. The van der Waals surface area contributed by atoms with Gasteiger partial charge in [0, 0.05) is 10.3 Å². The third-order valence-electron chi connectivity index (χ3n) is 0.969. The van der Waals surface area contributed by atoms with Gasteiger partial charge in [-0.25, -0.2) is 0 Å². The Morgan fingerprint density at radius 2 is 2.50 bits per heavy atom. The summed E-state index contributed by atoms with van der Waals surface area (Å²) in [7, 11) is 1.67. The average molecular weight is 127 g/mol. The van der Waals surface area contributed by atoms with Crippen molar-refractivity contribution in [3.05, 3.63) is 16.3 Å². The van der Waals surface area contributed by atoms with E-state index in [1.807, 2.05) is 13.0 Å².